The molecule has 0 spiro atoms. The fourth-order valence-corrected chi connectivity index (χ4v) is 5.50. The molecule has 1 unspecified atom stereocenters. The van der Waals surface area contributed by atoms with Crippen LogP contribution in [0.25, 0.3) is 0 Å². The second kappa shape index (κ2) is 6.68. The summed E-state index contributed by atoms with van der Waals surface area (Å²) in [5.41, 5.74) is 0. The van der Waals surface area contributed by atoms with Gasteiger partial charge in [0, 0.05) is 7.11 Å². The molecule has 1 aliphatic rings. The normalized spacial score (nSPS) is 29.2. The predicted molar refractivity (Wildman–Crippen MR) is 73.0 cm³/mol. The summed E-state index contributed by atoms with van der Waals surface area (Å²) >= 11 is 0. The summed E-state index contributed by atoms with van der Waals surface area (Å²) in [5.74, 6) is -0.189. The maximum Gasteiger partial charge on any atom is 0.308 e. The first-order chi connectivity index (χ1) is 8.51. The Morgan fingerprint density at radius 1 is 1.28 bits per heavy atom. The average molecular weight is 274 g/mol. The Bertz CT molecular complexity index is 270. The standard InChI is InChI=1S/C13H26O4Si/c1-6-18(7-2,8-3)17-13-10(4)16-12(14)9-11(13)15-5/h10-11,13H,6-9H2,1-5H3/t10-,11?,13-/m0/s1. The summed E-state index contributed by atoms with van der Waals surface area (Å²) in [5, 5.41) is 0. The Morgan fingerprint density at radius 2 is 1.83 bits per heavy atom. The topological polar surface area (TPSA) is 44.8 Å². The molecule has 0 aromatic carbocycles. The van der Waals surface area contributed by atoms with Gasteiger partial charge in [0.1, 0.15) is 12.2 Å². The number of esters is 1. The van der Waals surface area contributed by atoms with Crippen LogP contribution in [0.5, 0.6) is 0 Å². The van der Waals surface area contributed by atoms with E-state index >= 15 is 0 Å². The van der Waals surface area contributed by atoms with Crippen molar-refractivity contribution in [2.75, 3.05) is 7.11 Å². The number of methoxy groups -OCH3 is 1. The fourth-order valence-electron chi connectivity index (χ4n) is 2.58. The third kappa shape index (κ3) is 3.33. The molecular formula is C13H26O4Si. The molecule has 0 N–H and O–H groups in total. The van der Waals surface area contributed by atoms with E-state index in [0.29, 0.717) is 6.42 Å². The highest BCUT2D eigenvalue weighted by Gasteiger charge is 2.42. The number of ether oxygens (including phenoxy) is 2. The number of hydrogen-bond acceptors (Lipinski definition) is 4. The van der Waals surface area contributed by atoms with Crippen molar-refractivity contribution in [2.24, 2.45) is 0 Å². The van der Waals surface area contributed by atoms with Gasteiger partial charge in [0.15, 0.2) is 8.32 Å². The van der Waals surface area contributed by atoms with Crippen molar-refractivity contribution in [3.8, 4) is 0 Å². The molecule has 5 heteroatoms. The lowest BCUT2D eigenvalue weighted by Gasteiger charge is -2.41. The van der Waals surface area contributed by atoms with Crippen LogP contribution in [0.15, 0.2) is 0 Å². The van der Waals surface area contributed by atoms with Gasteiger partial charge in [-0.1, -0.05) is 20.8 Å². The highest BCUT2D eigenvalue weighted by atomic mass is 28.4. The van der Waals surface area contributed by atoms with E-state index in [4.69, 9.17) is 13.9 Å². The SMILES string of the molecule is CC[Si](CC)(CC)O[C@@H]1C(OC)CC(=O)O[C@H]1C. The van der Waals surface area contributed by atoms with Crippen LogP contribution < -0.4 is 0 Å². The van der Waals surface area contributed by atoms with Crippen molar-refractivity contribution in [1.82, 2.24) is 0 Å². The van der Waals surface area contributed by atoms with Gasteiger partial charge in [0.05, 0.1) is 12.5 Å². The van der Waals surface area contributed by atoms with Crippen LogP contribution in [-0.2, 0) is 18.7 Å². The van der Waals surface area contributed by atoms with Gasteiger partial charge in [-0.3, -0.25) is 4.79 Å². The molecule has 0 radical (unpaired) electrons. The lowest BCUT2D eigenvalue weighted by atomic mass is 10.0. The minimum atomic E-state index is -1.70. The molecule has 0 bridgehead atoms. The maximum absolute atomic E-state index is 11.4. The van der Waals surface area contributed by atoms with Crippen molar-refractivity contribution in [3.63, 3.8) is 0 Å². The molecule has 18 heavy (non-hydrogen) atoms. The van der Waals surface area contributed by atoms with Gasteiger partial charge in [0.25, 0.3) is 0 Å². The lowest BCUT2D eigenvalue weighted by Crippen LogP contribution is -2.53. The average Bonchev–Trinajstić information content (AvgIpc) is 2.38. The molecule has 0 aromatic rings. The second-order valence-electron chi connectivity index (χ2n) is 5.00. The Labute approximate surface area is 111 Å². The maximum atomic E-state index is 11.4. The summed E-state index contributed by atoms with van der Waals surface area (Å²) < 4.78 is 17.1. The molecule has 1 fully saturated rings. The van der Waals surface area contributed by atoms with Crippen LogP contribution in [0.3, 0.4) is 0 Å². The molecule has 0 aromatic heterocycles. The molecule has 0 aliphatic carbocycles. The van der Waals surface area contributed by atoms with E-state index in [2.05, 4.69) is 20.8 Å². The van der Waals surface area contributed by atoms with Gasteiger partial charge in [0.2, 0.25) is 0 Å². The highest BCUT2D eigenvalue weighted by Crippen LogP contribution is 2.29. The van der Waals surface area contributed by atoms with Gasteiger partial charge in [-0.2, -0.15) is 0 Å². The number of carbonyl (C=O) groups excluding carboxylic acids is 1. The third-order valence-electron chi connectivity index (χ3n) is 4.14. The molecule has 1 aliphatic heterocycles. The van der Waals surface area contributed by atoms with Gasteiger partial charge >= 0.3 is 5.97 Å². The molecule has 106 valence electrons. The summed E-state index contributed by atoms with van der Waals surface area (Å²) in [6.45, 7) is 8.48. The zero-order valence-corrected chi connectivity index (χ0v) is 13.2. The molecule has 0 amide bonds. The number of hydrogen-bond donors (Lipinski definition) is 0. The van der Waals surface area contributed by atoms with E-state index in [1.54, 1.807) is 7.11 Å². The minimum absolute atomic E-state index is 0.112. The largest absolute Gasteiger partial charge is 0.460 e. The van der Waals surface area contributed by atoms with E-state index in [0.717, 1.165) is 18.1 Å². The quantitative estimate of drug-likeness (QED) is 0.552. The molecule has 4 nitrogen and oxygen atoms in total. The molecule has 0 saturated carbocycles. The molecule has 1 rings (SSSR count). The molecule has 1 heterocycles. The summed E-state index contributed by atoms with van der Waals surface area (Å²) in [6.07, 6.45) is -0.197. The van der Waals surface area contributed by atoms with Crippen molar-refractivity contribution in [3.05, 3.63) is 0 Å². The Kier molecular flexibility index (Phi) is 5.81. The number of carbonyl (C=O) groups is 1. The Balaban J connectivity index is 2.81. The van der Waals surface area contributed by atoms with Crippen LogP contribution in [0.4, 0.5) is 0 Å². The van der Waals surface area contributed by atoms with E-state index in [9.17, 15) is 4.79 Å². The lowest BCUT2D eigenvalue weighted by molar-refractivity contribution is -0.176. The van der Waals surface area contributed by atoms with Gasteiger partial charge in [-0.05, 0) is 25.1 Å². The van der Waals surface area contributed by atoms with Crippen molar-refractivity contribution in [1.29, 1.82) is 0 Å². The summed E-state index contributed by atoms with van der Waals surface area (Å²) in [6, 6.07) is 3.27. The van der Waals surface area contributed by atoms with Crippen LogP contribution in [-0.4, -0.2) is 39.7 Å². The van der Waals surface area contributed by atoms with Crippen molar-refractivity contribution < 1.29 is 18.7 Å². The second-order valence-corrected chi connectivity index (χ2v) is 9.72. The van der Waals surface area contributed by atoms with Gasteiger partial charge in [-0.25, -0.2) is 0 Å². The predicted octanol–water partition coefficient (Wildman–Crippen LogP) is 2.73. The zero-order valence-electron chi connectivity index (χ0n) is 12.2. The summed E-state index contributed by atoms with van der Waals surface area (Å²) in [4.78, 5) is 11.4. The van der Waals surface area contributed by atoms with Crippen LogP contribution in [0.2, 0.25) is 18.1 Å². The first-order valence-electron chi connectivity index (χ1n) is 6.92. The fraction of sp³-hybridized carbons (Fsp3) is 0.923. The van der Waals surface area contributed by atoms with Gasteiger partial charge in [-0.15, -0.1) is 0 Å². The van der Waals surface area contributed by atoms with Crippen molar-refractivity contribution in [2.45, 2.75) is 70.6 Å². The Morgan fingerprint density at radius 3 is 2.28 bits per heavy atom. The van der Waals surface area contributed by atoms with Crippen LogP contribution >= 0.6 is 0 Å². The van der Waals surface area contributed by atoms with Crippen LogP contribution in [0.1, 0.15) is 34.1 Å². The zero-order chi connectivity index (χ0) is 13.8. The number of cyclic esters (lactones) is 1. The van der Waals surface area contributed by atoms with Crippen molar-refractivity contribution >= 4 is 14.3 Å². The monoisotopic (exact) mass is 274 g/mol. The van der Waals surface area contributed by atoms with E-state index in [1.165, 1.54) is 0 Å². The van der Waals surface area contributed by atoms with E-state index in [1.807, 2.05) is 6.92 Å². The third-order valence-corrected chi connectivity index (χ3v) is 8.77. The van der Waals surface area contributed by atoms with Gasteiger partial charge < -0.3 is 13.9 Å². The van der Waals surface area contributed by atoms with Crippen LogP contribution in [0, 0.1) is 0 Å². The highest BCUT2D eigenvalue weighted by molar-refractivity contribution is 6.73. The Hall–Kier alpha value is -0.393. The van der Waals surface area contributed by atoms with E-state index in [-0.39, 0.29) is 24.3 Å². The van der Waals surface area contributed by atoms with E-state index < -0.39 is 8.32 Å². The summed E-state index contributed by atoms with van der Waals surface area (Å²) in [7, 11) is -0.0597. The molecule has 1 saturated heterocycles. The minimum Gasteiger partial charge on any atom is -0.460 e. The molecule has 3 atom stereocenters. The smallest absolute Gasteiger partial charge is 0.308 e. The molecular weight excluding hydrogens is 248 g/mol. The first-order valence-corrected chi connectivity index (χ1v) is 9.45. The first kappa shape index (κ1) is 15.7. The number of rotatable bonds is 6.